The summed E-state index contributed by atoms with van der Waals surface area (Å²) in [6.45, 7) is 0. The number of rotatable bonds is 6. The van der Waals surface area contributed by atoms with Gasteiger partial charge in [-0.1, -0.05) is 6.07 Å². The molecular formula is C20H17BrN6O3. The molecular weight excluding hydrogens is 452 g/mol. The zero-order valence-corrected chi connectivity index (χ0v) is 17.7. The molecule has 30 heavy (non-hydrogen) atoms. The highest BCUT2D eigenvalue weighted by atomic mass is 79.9. The zero-order chi connectivity index (χ0) is 21.1. The van der Waals surface area contributed by atoms with Crippen molar-refractivity contribution in [1.29, 1.82) is 0 Å². The first kappa shape index (κ1) is 19.6. The maximum absolute atomic E-state index is 9.91. The minimum absolute atomic E-state index is 0.0325. The second-order valence-corrected chi connectivity index (χ2v) is 7.00. The SMILES string of the molecule is COc1cccc(-n2ncc3c(NN=Cc4cc(Br)c(O)c(OC)c4)ncnc32)c1. The van der Waals surface area contributed by atoms with E-state index in [0.717, 1.165) is 17.0 Å². The van der Waals surface area contributed by atoms with E-state index in [2.05, 4.69) is 41.5 Å². The Hall–Kier alpha value is -3.66. The molecule has 0 radical (unpaired) electrons. The minimum Gasteiger partial charge on any atom is -0.503 e. The van der Waals surface area contributed by atoms with Gasteiger partial charge in [-0.15, -0.1) is 0 Å². The van der Waals surface area contributed by atoms with Gasteiger partial charge < -0.3 is 14.6 Å². The highest BCUT2D eigenvalue weighted by molar-refractivity contribution is 9.10. The van der Waals surface area contributed by atoms with Crippen molar-refractivity contribution in [3.63, 3.8) is 0 Å². The predicted molar refractivity (Wildman–Crippen MR) is 117 cm³/mol. The van der Waals surface area contributed by atoms with Crippen LogP contribution in [-0.2, 0) is 0 Å². The van der Waals surface area contributed by atoms with Crippen molar-refractivity contribution in [3.05, 3.63) is 59.0 Å². The van der Waals surface area contributed by atoms with E-state index in [4.69, 9.17) is 9.47 Å². The van der Waals surface area contributed by atoms with Gasteiger partial charge in [0, 0.05) is 6.07 Å². The first-order valence-corrected chi connectivity index (χ1v) is 9.58. The summed E-state index contributed by atoms with van der Waals surface area (Å²) < 4.78 is 12.6. The fraction of sp³-hybridized carbons (Fsp3) is 0.100. The normalized spacial score (nSPS) is 11.2. The lowest BCUT2D eigenvalue weighted by atomic mass is 10.2. The Kier molecular flexibility index (Phi) is 5.48. The van der Waals surface area contributed by atoms with Crippen LogP contribution < -0.4 is 14.9 Å². The van der Waals surface area contributed by atoms with Crippen molar-refractivity contribution in [3.8, 4) is 22.9 Å². The molecule has 0 saturated carbocycles. The molecule has 0 aliphatic heterocycles. The highest BCUT2D eigenvalue weighted by Gasteiger charge is 2.12. The summed E-state index contributed by atoms with van der Waals surface area (Å²) in [5, 5.41) is 19.3. The number of ether oxygens (including phenoxy) is 2. The molecule has 10 heteroatoms. The molecule has 0 spiro atoms. The van der Waals surface area contributed by atoms with Gasteiger partial charge in [0.25, 0.3) is 0 Å². The van der Waals surface area contributed by atoms with E-state index in [1.807, 2.05) is 24.3 Å². The van der Waals surface area contributed by atoms with Crippen LogP contribution in [0.5, 0.6) is 17.2 Å². The van der Waals surface area contributed by atoms with Crippen LogP contribution in [0.3, 0.4) is 0 Å². The average Bonchev–Trinajstić information content (AvgIpc) is 3.21. The summed E-state index contributed by atoms with van der Waals surface area (Å²) in [6, 6.07) is 10.9. The van der Waals surface area contributed by atoms with Gasteiger partial charge in [0.2, 0.25) is 0 Å². The number of phenols is 1. The smallest absolute Gasteiger partial charge is 0.172 e. The van der Waals surface area contributed by atoms with Gasteiger partial charge in [0.15, 0.2) is 23.0 Å². The van der Waals surface area contributed by atoms with Gasteiger partial charge in [-0.3, -0.25) is 5.43 Å². The van der Waals surface area contributed by atoms with Crippen molar-refractivity contribution >= 4 is 39.0 Å². The number of aromatic hydroxyl groups is 1. The number of aromatic nitrogens is 4. The number of nitrogens with zero attached hydrogens (tertiary/aromatic N) is 5. The number of halogens is 1. The molecule has 0 aliphatic carbocycles. The number of hydrogen-bond donors (Lipinski definition) is 2. The largest absolute Gasteiger partial charge is 0.503 e. The molecule has 152 valence electrons. The summed E-state index contributed by atoms with van der Waals surface area (Å²) in [5.41, 5.74) is 5.09. The summed E-state index contributed by atoms with van der Waals surface area (Å²) in [4.78, 5) is 8.61. The Labute approximate surface area is 180 Å². The molecule has 0 amide bonds. The van der Waals surface area contributed by atoms with E-state index >= 15 is 0 Å². The number of nitrogens with one attached hydrogen (secondary N) is 1. The standard InChI is InChI=1S/C20H17BrN6O3/c1-29-14-5-3-4-13(8-14)27-20-15(10-25-27)19(22-11-23-20)26-24-9-12-6-16(21)18(28)17(7-12)30-2/h3-11,28H,1-2H3,(H,22,23,26). The number of anilines is 1. The fourth-order valence-corrected chi connectivity index (χ4v) is 3.32. The van der Waals surface area contributed by atoms with Crippen LogP contribution in [0.1, 0.15) is 5.56 Å². The monoisotopic (exact) mass is 468 g/mol. The van der Waals surface area contributed by atoms with Crippen LogP contribution in [0.25, 0.3) is 16.7 Å². The number of benzene rings is 2. The van der Waals surface area contributed by atoms with Gasteiger partial charge in [-0.25, -0.2) is 14.6 Å². The van der Waals surface area contributed by atoms with Gasteiger partial charge in [-0.2, -0.15) is 10.2 Å². The van der Waals surface area contributed by atoms with Crippen LogP contribution in [0.4, 0.5) is 5.82 Å². The molecule has 4 aromatic rings. The molecule has 0 bridgehead atoms. The first-order chi connectivity index (χ1) is 14.6. The van der Waals surface area contributed by atoms with Crippen LogP contribution in [0.2, 0.25) is 0 Å². The predicted octanol–water partition coefficient (Wildman–Crippen LogP) is 3.75. The fourth-order valence-electron chi connectivity index (χ4n) is 2.86. The van der Waals surface area contributed by atoms with E-state index in [0.29, 0.717) is 27.1 Å². The Morgan fingerprint density at radius 2 is 2.03 bits per heavy atom. The molecule has 0 fully saturated rings. The quantitative estimate of drug-likeness (QED) is 0.327. The maximum Gasteiger partial charge on any atom is 0.172 e. The van der Waals surface area contributed by atoms with Gasteiger partial charge in [0.1, 0.15) is 12.1 Å². The van der Waals surface area contributed by atoms with E-state index < -0.39 is 0 Å². The lowest BCUT2D eigenvalue weighted by molar-refractivity contribution is 0.372. The van der Waals surface area contributed by atoms with Gasteiger partial charge in [0.05, 0.1) is 42.2 Å². The highest BCUT2D eigenvalue weighted by Crippen LogP contribution is 2.34. The molecule has 2 aromatic carbocycles. The van der Waals surface area contributed by atoms with Crippen LogP contribution >= 0.6 is 15.9 Å². The van der Waals surface area contributed by atoms with E-state index in [1.54, 1.807) is 36.3 Å². The third kappa shape index (κ3) is 3.77. The van der Waals surface area contributed by atoms with E-state index in [9.17, 15) is 5.11 Å². The van der Waals surface area contributed by atoms with E-state index in [1.165, 1.54) is 13.4 Å². The topological polar surface area (TPSA) is 107 Å². The van der Waals surface area contributed by atoms with Gasteiger partial charge >= 0.3 is 0 Å². The maximum atomic E-state index is 9.91. The molecule has 0 saturated heterocycles. The minimum atomic E-state index is 0.0325. The number of hydrogen-bond acceptors (Lipinski definition) is 8. The lowest BCUT2D eigenvalue weighted by Crippen LogP contribution is -2.00. The van der Waals surface area contributed by atoms with Crippen molar-refractivity contribution in [2.45, 2.75) is 0 Å². The summed E-state index contributed by atoms with van der Waals surface area (Å²) in [7, 11) is 3.10. The Bertz CT molecular complexity index is 1240. The van der Waals surface area contributed by atoms with Crippen molar-refractivity contribution in [1.82, 2.24) is 19.7 Å². The lowest BCUT2D eigenvalue weighted by Gasteiger charge is -2.07. The van der Waals surface area contributed by atoms with Crippen molar-refractivity contribution in [2.75, 3.05) is 19.6 Å². The molecule has 2 N–H and O–H groups in total. The first-order valence-electron chi connectivity index (χ1n) is 8.79. The molecule has 4 rings (SSSR count). The number of fused-ring (bicyclic) bond motifs is 1. The van der Waals surface area contributed by atoms with E-state index in [-0.39, 0.29) is 5.75 Å². The molecule has 9 nitrogen and oxygen atoms in total. The van der Waals surface area contributed by atoms with Crippen molar-refractivity contribution < 1.29 is 14.6 Å². The average molecular weight is 469 g/mol. The Morgan fingerprint density at radius 3 is 2.83 bits per heavy atom. The summed E-state index contributed by atoms with van der Waals surface area (Å²) in [6.07, 6.45) is 4.71. The Morgan fingerprint density at radius 1 is 1.17 bits per heavy atom. The summed E-state index contributed by atoms with van der Waals surface area (Å²) >= 11 is 3.29. The number of hydrazone groups is 1. The third-order valence-electron chi connectivity index (χ3n) is 4.32. The molecule has 0 aliphatic rings. The molecule has 2 heterocycles. The molecule has 2 aromatic heterocycles. The van der Waals surface area contributed by atoms with Crippen LogP contribution in [-0.4, -0.2) is 45.3 Å². The molecule has 0 unspecified atom stereocenters. The van der Waals surface area contributed by atoms with Gasteiger partial charge in [-0.05, 0) is 45.8 Å². The second kappa shape index (κ2) is 8.37. The number of phenolic OH excluding ortho intramolecular Hbond substituents is 1. The third-order valence-corrected chi connectivity index (χ3v) is 4.92. The Balaban J connectivity index is 1.62. The number of methoxy groups -OCH3 is 2. The van der Waals surface area contributed by atoms with Crippen LogP contribution in [0, 0.1) is 0 Å². The second-order valence-electron chi connectivity index (χ2n) is 6.14. The van der Waals surface area contributed by atoms with Crippen LogP contribution in [0.15, 0.2) is 58.5 Å². The summed E-state index contributed by atoms with van der Waals surface area (Å²) in [5.74, 6) is 1.61. The molecule has 0 atom stereocenters. The van der Waals surface area contributed by atoms with Crippen molar-refractivity contribution in [2.24, 2.45) is 5.10 Å². The zero-order valence-electron chi connectivity index (χ0n) is 16.1.